The molecule has 0 bridgehead atoms. The smallest absolute Gasteiger partial charge is 0.338 e. The number of carbonyl (C=O) groups excluding carboxylic acids is 2. The Morgan fingerprint density at radius 2 is 1.72 bits per heavy atom. The number of pyridine rings is 1. The van der Waals surface area contributed by atoms with Crippen molar-refractivity contribution < 1.29 is 23.5 Å². The summed E-state index contributed by atoms with van der Waals surface area (Å²) in [5.74, 6) is -0.738. The Morgan fingerprint density at radius 1 is 0.923 bits per heavy atom. The average Bonchev–Trinajstić information content (AvgIpc) is 2.99. The van der Waals surface area contributed by atoms with Gasteiger partial charge in [0, 0.05) is 36.3 Å². The molecule has 3 heterocycles. The quantitative estimate of drug-likeness (QED) is 0.330. The van der Waals surface area contributed by atoms with Gasteiger partial charge in [0.25, 0.3) is 5.91 Å². The first-order chi connectivity index (χ1) is 19.0. The Morgan fingerprint density at radius 3 is 2.54 bits per heavy atom. The lowest BCUT2D eigenvalue weighted by Crippen LogP contribution is -2.40. The van der Waals surface area contributed by atoms with Crippen molar-refractivity contribution in [3.05, 3.63) is 101 Å². The Labute approximate surface area is 225 Å². The van der Waals surface area contributed by atoms with E-state index < -0.39 is 5.97 Å². The standard InChI is InChI=1S/C31H28FN3O4/c32-26-7-3-21(4-8-26)20-39-31(37)24-5-9-28-25(17-24)18-27(19-33-28)35-11-1-2-22-16-23(6-10-29(22)35)30(36)34-12-14-38-15-13-34/h3-10,16-19H,1-2,11-15,20H2. The first kappa shape index (κ1) is 25.0. The highest BCUT2D eigenvalue weighted by Crippen LogP contribution is 2.35. The molecule has 1 aromatic heterocycles. The van der Waals surface area contributed by atoms with Crippen LogP contribution in [0, 0.1) is 5.82 Å². The van der Waals surface area contributed by atoms with E-state index in [2.05, 4.69) is 9.88 Å². The largest absolute Gasteiger partial charge is 0.457 e. The van der Waals surface area contributed by atoms with Crippen LogP contribution in [0.2, 0.25) is 0 Å². The van der Waals surface area contributed by atoms with Gasteiger partial charge >= 0.3 is 5.97 Å². The van der Waals surface area contributed by atoms with Gasteiger partial charge in [-0.05, 0) is 78.6 Å². The molecule has 1 fully saturated rings. The summed E-state index contributed by atoms with van der Waals surface area (Å²) in [4.78, 5) is 34.4. The summed E-state index contributed by atoms with van der Waals surface area (Å²) in [6.45, 7) is 3.28. The van der Waals surface area contributed by atoms with Crippen LogP contribution in [0.5, 0.6) is 0 Å². The van der Waals surface area contributed by atoms with Crippen LogP contribution in [-0.4, -0.2) is 54.6 Å². The first-order valence-corrected chi connectivity index (χ1v) is 13.1. The molecule has 1 amide bonds. The second-order valence-corrected chi connectivity index (χ2v) is 9.81. The summed E-state index contributed by atoms with van der Waals surface area (Å²) in [6.07, 6.45) is 3.70. The van der Waals surface area contributed by atoms with Crippen molar-refractivity contribution in [2.75, 3.05) is 37.7 Å². The Hall–Kier alpha value is -4.30. The lowest BCUT2D eigenvalue weighted by molar-refractivity contribution is 0.0303. The molecule has 2 aliphatic heterocycles. The number of hydrogen-bond donors (Lipinski definition) is 0. The van der Waals surface area contributed by atoms with Crippen LogP contribution >= 0.6 is 0 Å². The van der Waals surface area contributed by atoms with E-state index >= 15 is 0 Å². The van der Waals surface area contributed by atoms with E-state index in [1.165, 1.54) is 12.1 Å². The fourth-order valence-electron chi connectivity index (χ4n) is 5.15. The van der Waals surface area contributed by atoms with Gasteiger partial charge in [0.05, 0.1) is 36.2 Å². The molecule has 198 valence electrons. The van der Waals surface area contributed by atoms with E-state index in [1.807, 2.05) is 35.4 Å². The molecule has 0 N–H and O–H groups in total. The maximum atomic E-state index is 13.1. The number of aromatic nitrogens is 1. The molecule has 7 nitrogen and oxygen atoms in total. The molecule has 1 saturated heterocycles. The monoisotopic (exact) mass is 525 g/mol. The van der Waals surface area contributed by atoms with Gasteiger partial charge in [0.1, 0.15) is 12.4 Å². The van der Waals surface area contributed by atoms with E-state index in [9.17, 15) is 14.0 Å². The molecule has 3 aromatic carbocycles. The lowest BCUT2D eigenvalue weighted by atomic mass is 9.98. The van der Waals surface area contributed by atoms with Crippen molar-refractivity contribution in [1.82, 2.24) is 9.88 Å². The Bertz CT molecular complexity index is 1530. The second-order valence-electron chi connectivity index (χ2n) is 9.81. The van der Waals surface area contributed by atoms with Crippen LogP contribution in [0.25, 0.3) is 10.9 Å². The van der Waals surface area contributed by atoms with E-state index in [4.69, 9.17) is 9.47 Å². The third kappa shape index (κ3) is 5.33. The lowest BCUT2D eigenvalue weighted by Gasteiger charge is -2.32. The van der Waals surface area contributed by atoms with Gasteiger partial charge in [-0.1, -0.05) is 12.1 Å². The number of nitrogens with zero attached hydrogens (tertiary/aromatic N) is 3. The second kappa shape index (κ2) is 10.8. The number of fused-ring (bicyclic) bond motifs is 2. The molecular formula is C31H28FN3O4. The van der Waals surface area contributed by atoms with E-state index in [0.717, 1.165) is 47.2 Å². The zero-order valence-corrected chi connectivity index (χ0v) is 21.4. The predicted octanol–water partition coefficient (Wildman–Crippen LogP) is 5.29. The highest BCUT2D eigenvalue weighted by Gasteiger charge is 2.23. The minimum atomic E-state index is -0.451. The van der Waals surface area contributed by atoms with Gasteiger partial charge in [0.15, 0.2) is 0 Å². The average molecular weight is 526 g/mol. The molecule has 0 unspecified atom stereocenters. The maximum Gasteiger partial charge on any atom is 0.338 e. The third-order valence-electron chi connectivity index (χ3n) is 7.24. The van der Waals surface area contributed by atoms with Crippen molar-refractivity contribution >= 4 is 34.2 Å². The van der Waals surface area contributed by atoms with Crippen molar-refractivity contribution in [1.29, 1.82) is 0 Å². The number of esters is 1. The van der Waals surface area contributed by atoms with Gasteiger partial charge in [0.2, 0.25) is 0 Å². The number of anilines is 2. The number of carbonyl (C=O) groups is 2. The summed E-state index contributed by atoms with van der Waals surface area (Å²) in [5.41, 5.74) is 5.75. The number of ether oxygens (including phenoxy) is 2. The van der Waals surface area contributed by atoms with Crippen molar-refractivity contribution in [2.45, 2.75) is 19.4 Å². The first-order valence-electron chi connectivity index (χ1n) is 13.1. The Balaban J connectivity index is 1.22. The summed E-state index contributed by atoms with van der Waals surface area (Å²) < 4.78 is 24.0. The van der Waals surface area contributed by atoms with Crippen LogP contribution in [0.15, 0.2) is 72.9 Å². The summed E-state index contributed by atoms with van der Waals surface area (Å²) in [5, 5.41) is 0.829. The van der Waals surface area contributed by atoms with Crippen LogP contribution in [0.3, 0.4) is 0 Å². The number of aryl methyl sites for hydroxylation is 1. The molecule has 0 atom stereocenters. The van der Waals surface area contributed by atoms with Gasteiger partial charge in [-0.3, -0.25) is 9.78 Å². The minimum Gasteiger partial charge on any atom is -0.457 e. The fourth-order valence-corrected chi connectivity index (χ4v) is 5.15. The highest BCUT2D eigenvalue weighted by atomic mass is 19.1. The van der Waals surface area contributed by atoms with Crippen LogP contribution in [0.1, 0.15) is 38.3 Å². The number of benzene rings is 3. The highest BCUT2D eigenvalue weighted by molar-refractivity contribution is 5.96. The normalized spacial score (nSPS) is 15.2. The summed E-state index contributed by atoms with van der Waals surface area (Å²) in [7, 11) is 0. The molecule has 0 saturated carbocycles. The molecule has 6 rings (SSSR count). The van der Waals surface area contributed by atoms with E-state index in [-0.39, 0.29) is 18.3 Å². The fraction of sp³-hybridized carbons (Fsp3) is 0.258. The molecule has 0 spiro atoms. The van der Waals surface area contributed by atoms with Crippen molar-refractivity contribution in [2.24, 2.45) is 0 Å². The topological polar surface area (TPSA) is 72.0 Å². The third-order valence-corrected chi connectivity index (χ3v) is 7.24. The zero-order valence-electron chi connectivity index (χ0n) is 21.4. The van der Waals surface area contributed by atoms with E-state index in [0.29, 0.717) is 43.0 Å². The molecule has 2 aliphatic rings. The van der Waals surface area contributed by atoms with Gasteiger partial charge in [-0.2, -0.15) is 0 Å². The maximum absolute atomic E-state index is 13.1. The van der Waals surface area contributed by atoms with Crippen LogP contribution < -0.4 is 4.90 Å². The number of amides is 1. The van der Waals surface area contributed by atoms with E-state index in [1.54, 1.807) is 30.3 Å². The summed E-state index contributed by atoms with van der Waals surface area (Å²) >= 11 is 0. The van der Waals surface area contributed by atoms with Gasteiger partial charge in [-0.25, -0.2) is 9.18 Å². The minimum absolute atomic E-state index is 0.0458. The predicted molar refractivity (Wildman–Crippen MR) is 146 cm³/mol. The summed E-state index contributed by atoms with van der Waals surface area (Å²) in [6, 6.07) is 19.1. The molecule has 39 heavy (non-hydrogen) atoms. The molecule has 0 radical (unpaired) electrons. The number of halogens is 1. The van der Waals surface area contributed by atoms with Crippen molar-refractivity contribution in [3.8, 4) is 0 Å². The van der Waals surface area contributed by atoms with Crippen LogP contribution in [-0.2, 0) is 22.5 Å². The number of hydrogen-bond acceptors (Lipinski definition) is 6. The zero-order chi connectivity index (χ0) is 26.8. The molecule has 8 heteroatoms. The number of morpholine rings is 1. The van der Waals surface area contributed by atoms with Gasteiger partial charge in [-0.15, -0.1) is 0 Å². The molecule has 4 aromatic rings. The Kier molecular flexibility index (Phi) is 6.94. The number of rotatable bonds is 5. The van der Waals surface area contributed by atoms with Crippen molar-refractivity contribution in [3.63, 3.8) is 0 Å². The molecular weight excluding hydrogens is 497 g/mol. The SMILES string of the molecule is O=C(OCc1ccc(F)cc1)c1ccc2ncc(N3CCCc4cc(C(=O)N5CCOCC5)ccc43)cc2c1. The molecule has 0 aliphatic carbocycles. The van der Waals surface area contributed by atoms with Gasteiger partial charge < -0.3 is 19.3 Å². The van der Waals surface area contributed by atoms with Crippen LogP contribution in [0.4, 0.5) is 15.8 Å².